The largest absolute Gasteiger partial charge is 0.465 e. The molecule has 0 aromatic carbocycles. The van der Waals surface area contributed by atoms with Gasteiger partial charge in [0.1, 0.15) is 6.04 Å². The first-order chi connectivity index (χ1) is 18.4. The molecule has 0 radical (unpaired) electrons. The van der Waals surface area contributed by atoms with Gasteiger partial charge < -0.3 is 19.6 Å². The molecule has 1 spiro atoms. The molecule has 2 saturated heterocycles. The maximum atomic E-state index is 14.6. The van der Waals surface area contributed by atoms with Gasteiger partial charge in [0.2, 0.25) is 11.8 Å². The maximum absolute atomic E-state index is 14.6. The summed E-state index contributed by atoms with van der Waals surface area (Å²) in [6, 6.07) is -0.658. The number of cyclic esters (lactones) is 1. The molecule has 5 atom stereocenters. The predicted octanol–water partition coefficient (Wildman–Crippen LogP) is 4.73. The van der Waals surface area contributed by atoms with Crippen LogP contribution in [0.2, 0.25) is 0 Å². The van der Waals surface area contributed by atoms with Crippen LogP contribution in [0.1, 0.15) is 86.0 Å². The van der Waals surface area contributed by atoms with E-state index in [4.69, 9.17) is 4.74 Å². The lowest BCUT2D eigenvalue weighted by Gasteiger charge is -2.44. The summed E-state index contributed by atoms with van der Waals surface area (Å²) in [5.41, 5.74) is -0.379. The normalized spacial score (nSPS) is 32.4. The third-order valence-electron chi connectivity index (χ3n) is 8.60. The van der Waals surface area contributed by atoms with E-state index in [9.17, 15) is 19.5 Å². The molecule has 7 nitrogen and oxygen atoms in total. The molecule has 4 rings (SSSR count). The molecule has 0 aliphatic carbocycles. The molecule has 2 amide bonds. The van der Waals surface area contributed by atoms with Gasteiger partial charge in [-0.3, -0.25) is 14.4 Å². The van der Waals surface area contributed by atoms with E-state index in [1.165, 1.54) is 0 Å². The summed E-state index contributed by atoms with van der Waals surface area (Å²) in [5, 5.41) is 8.97. The predicted molar refractivity (Wildman–Crippen MR) is 155 cm³/mol. The number of ether oxygens (including phenoxy) is 1. The van der Waals surface area contributed by atoms with E-state index in [0.717, 1.165) is 51.4 Å². The van der Waals surface area contributed by atoms with Gasteiger partial charge >= 0.3 is 5.97 Å². The summed E-state index contributed by atoms with van der Waals surface area (Å²) in [7, 11) is 0. The fourth-order valence-electron chi connectivity index (χ4n) is 7.34. The van der Waals surface area contributed by atoms with Crippen LogP contribution < -0.4 is 0 Å². The molecule has 0 aromatic rings. The Hall–Kier alpha value is -1.80. The highest BCUT2D eigenvalue weighted by Crippen LogP contribution is 2.61. The van der Waals surface area contributed by atoms with Crippen molar-refractivity contribution in [2.45, 2.75) is 108 Å². The second-order valence-corrected chi connectivity index (χ2v) is 15.0. The van der Waals surface area contributed by atoms with Crippen molar-refractivity contribution in [3.63, 3.8) is 0 Å². The number of hydrogen-bond acceptors (Lipinski definition) is 6. The van der Waals surface area contributed by atoms with E-state index >= 15 is 0 Å². The molecule has 1 N–H and O–H groups in total. The number of unbranched alkanes of at least 4 members (excludes halogenated alkanes) is 3. The maximum Gasteiger partial charge on any atom is 0.311 e. The van der Waals surface area contributed by atoms with Crippen molar-refractivity contribution in [1.82, 2.24) is 9.80 Å². The van der Waals surface area contributed by atoms with Crippen LogP contribution >= 0.6 is 11.8 Å². The van der Waals surface area contributed by atoms with Gasteiger partial charge in [-0.25, -0.2) is 0 Å². The first kappa shape index (κ1) is 30.2. The SMILES string of the molecule is CC(C)(C)CC(C)(C)N1CC=C[C@]23S[C@@H]4/C=C\CCCCOC(=O)[C@@H]4[C@H]2C(=O)N(CCCCCCO)C3C1=O. The number of thioether (sulfide) groups is 1. The van der Waals surface area contributed by atoms with Gasteiger partial charge in [0.25, 0.3) is 0 Å². The van der Waals surface area contributed by atoms with E-state index in [0.29, 0.717) is 19.7 Å². The minimum Gasteiger partial charge on any atom is -0.465 e. The van der Waals surface area contributed by atoms with Crippen molar-refractivity contribution in [3.05, 3.63) is 24.3 Å². The van der Waals surface area contributed by atoms with Crippen LogP contribution in [0.4, 0.5) is 0 Å². The van der Waals surface area contributed by atoms with Gasteiger partial charge in [0.15, 0.2) is 0 Å². The third-order valence-corrected chi connectivity index (χ3v) is 10.3. The Labute approximate surface area is 238 Å². The quantitative estimate of drug-likeness (QED) is 0.262. The van der Waals surface area contributed by atoms with E-state index in [1.807, 2.05) is 4.90 Å². The number of carbonyl (C=O) groups excluding carboxylic acids is 3. The lowest BCUT2D eigenvalue weighted by Crippen LogP contribution is -2.58. The van der Waals surface area contributed by atoms with Gasteiger partial charge in [-0.1, -0.05) is 57.9 Å². The van der Waals surface area contributed by atoms with Crippen LogP contribution in [0.25, 0.3) is 0 Å². The summed E-state index contributed by atoms with van der Waals surface area (Å²) in [6.07, 6.45) is 15.1. The number of esters is 1. The number of aliphatic hydroxyl groups excluding tert-OH is 1. The molecular weight excluding hydrogens is 512 g/mol. The van der Waals surface area contributed by atoms with Crippen LogP contribution in [0.3, 0.4) is 0 Å². The standard InChI is InChI=1S/C31H48N2O5S/c1-29(2,3)21-30(4,5)33-18-14-16-31-24(23-22(39-31)15-10-6-9-13-20-38-28(23)37)26(35)32(25(31)27(33)36)17-11-7-8-12-19-34/h10,14-16,22-25,34H,6-9,11-13,17-21H2,1-5H3/b15-10-/t22-,23+,24+,25?,31+/m1/s1. The number of amides is 2. The average molecular weight is 561 g/mol. The van der Waals surface area contributed by atoms with Crippen LogP contribution in [0.5, 0.6) is 0 Å². The molecule has 0 bridgehead atoms. The number of likely N-dealkylation sites (tertiary alicyclic amines) is 1. The van der Waals surface area contributed by atoms with Crippen LogP contribution in [0.15, 0.2) is 24.3 Å². The lowest BCUT2D eigenvalue weighted by atomic mass is 9.78. The molecule has 1 unspecified atom stereocenters. The summed E-state index contributed by atoms with van der Waals surface area (Å²) in [4.78, 5) is 46.2. The first-order valence-corrected chi connectivity index (χ1v) is 15.7. The minimum absolute atomic E-state index is 0.0194. The van der Waals surface area contributed by atoms with Crippen molar-refractivity contribution in [3.8, 4) is 0 Å². The summed E-state index contributed by atoms with van der Waals surface area (Å²) >= 11 is 1.62. The zero-order valence-electron chi connectivity index (χ0n) is 24.5. The highest BCUT2D eigenvalue weighted by Gasteiger charge is 2.71. The van der Waals surface area contributed by atoms with Crippen LogP contribution in [-0.2, 0) is 19.1 Å². The number of hydrogen-bond donors (Lipinski definition) is 1. The molecule has 8 heteroatoms. The van der Waals surface area contributed by atoms with Crippen LogP contribution in [-0.4, -0.2) is 80.6 Å². The molecule has 39 heavy (non-hydrogen) atoms. The molecule has 4 aliphatic heterocycles. The number of fused-ring (bicyclic) bond motifs is 2. The number of carbonyl (C=O) groups is 3. The van der Waals surface area contributed by atoms with Crippen molar-refractivity contribution in [2.24, 2.45) is 17.3 Å². The number of aliphatic hydroxyl groups is 1. The minimum atomic E-state index is -0.807. The van der Waals surface area contributed by atoms with Crippen LogP contribution in [0, 0.1) is 17.3 Å². The van der Waals surface area contributed by atoms with Gasteiger partial charge in [-0.2, -0.15) is 0 Å². The molecule has 4 aliphatic rings. The molecule has 218 valence electrons. The van der Waals surface area contributed by atoms with E-state index in [2.05, 4.69) is 58.9 Å². The Morgan fingerprint density at radius 1 is 1.03 bits per heavy atom. The number of nitrogens with zero attached hydrogens (tertiary/aromatic N) is 2. The van der Waals surface area contributed by atoms with Gasteiger partial charge in [-0.05, 0) is 57.8 Å². The van der Waals surface area contributed by atoms with Crippen molar-refractivity contribution in [1.29, 1.82) is 0 Å². The molecular formula is C31H48N2O5S. The number of rotatable bonds is 8. The zero-order chi connectivity index (χ0) is 28.4. The second kappa shape index (κ2) is 12.0. The van der Waals surface area contributed by atoms with E-state index in [-0.39, 0.29) is 35.1 Å². The molecule has 0 aromatic heterocycles. The lowest BCUT2D eigenvalue weighted by molar-refractivity contribution is -0.153. The molecule has 0 saturated carbocycles. The van der Waals surface area contributed by atoms with Crippen molar-refractivity contribution < 1.29 is 24.2 Å². The Kier molecular flexibility index (Phi) is 9.26. The smallest absolute Gasteiger partial charge is 0.311 e. The Bertz CT molecular complexity index is 986. The van der Waals surface area contributed by atoms with E-state index < -0.39 is 28.2 Å². The van der Waals surface area contributed by atoms with Gasteiger partial charge in [0, 0.05) is 30.5 Å². The fraction of sp³-hybridized carbons (Fsp3) is 0.774. The van der Waals surface area contributed by atoms with Gasteiger partial charge in [0.05, 0.1) is 23.2 Å². The second-order valence-electron chi connectivity index (χ2n) is 13.5. The highest BCUT2D eigenvalue weighted by atomic mass is 32.2. The van der Waals surface area contributed by atoms with Gasteiger partial charge in [-0.15, -0.1) is 11.8 Å². The van der Waals surface area contributed by atoms with E-state index in [1.54, 1.807) is 16.7 Å². The highest BCUT2D eigenvalue weighted by molar-refractivity contribution is 8.02. The number of allylic oxidation sites excluding steroid dienone is 1. The molecule has 4 heterocycles. The summed E-state index contributed by atoms with van der Waals surface area (Å²) in [5.74, 6) is -1.66. The van der Waals surface area contributed by atoms with Crippen molar-refractivity contribution >= 4 is 29.5 Å². The molecule has 2 fully saturated rings. The Morgan fingerprint density at radius 3 is 2.49 bits per heavy atom. The first-order valence-electron chi connectivity index (χ1n) is 14.8. The Balaban J connectivity index is 1.74. The zero-order valence-corrected chi connectivity index (χ0v) is 25.3. The van der Waals surface area contributed by atoms with Crippen molar-refractivity contribution in [2.75, 3.05) is 26.3 Å². The summed E-state index contributed by atoms with van der Waals surface area (Å²) < 4.78 is 4.91. The topological polar surface area (TPSA) is 87.2 Å². The summed E-state index contributed by atoms with van der Waals surface area (Å²) in [6.45, 7) is 12.3. The monoisotopic (exact) mass is 560 g/mol. The third kappa shape index (κ3) is 6.12. The Morgan fingerprint density at radius 2 is 1.77 bits per heavy atom. The fourth-order valence-corrected chi connectivity index (χ4v) is 9.34. The average Bonchev–Trinajstić information content (AvgIpc) is 3.22.